The number of hydrogen-bond acceptors (Lipinski definition) is 4. The molecule has 182 valence electrons. The Morgan fingerprint density at radius 2 is 1.94 bits per heavy atom. The van der Waals surface area contributed by atoms with E-state index in [0.29, 0.717) is 41.9 Å². The Balaban J connectivity index is 1.62. The van der Waals surface area contributed by atoms with Gasteiger partial charge in [-0.1, -0.05) is 11.2 Å². The Morgan fingerprint density at radius 1 is 1.20 bits per heavy atom. The van der Waals surface area contributed by atoms with Gasteiger partial charge in [0.25, 0.3) is 0 Å². The van der Waals surface area contributed by atoms with Gasteiger partial charge in [-0.05, 0) is 50.8 Å². The van der Waals surface area contributed by atoms with E-state index in [1.54, 1.807) is 12.4 Å². The molecule has 1 aliphatic carbocycles. The summed E-state index contributed by atoms with van der Waals surface area (Å²) in [6.45, 7) is 4.14. The van der Waals surface area contributed by atoms with E-state index in [1.165, 1.54) is 12.1 Å². The van der Waals surface area contributed by atoms with Crippen molar-refractivity contribution in [3.05, 3.63) is 59.5 Å². The van der Waals surface area contributed by atoms with Gasteiger partial charge in [-0.15, -0.1) is 0 Å². The molecule has 0 amide bonds. The van der Waals surface area contributed by atoms with Crippen LogP contribution < -0.4 is 0 Å². The van der Waals surface area contributed by atoms with Gasteiger partial charge in [0.1, 0.15) is 11.6 Å². The minimum absolute atomic E-state index is 0.0556. The number of nitrogens with zero attached hydrogens (tertiary/aromatic N) is 3. The number of halogens is 3. The van der Waals surface area contributed by atoms with Crippen molar-refractivity contribution in [3.8, 4) is 22.3 Å². The predicted octanol–water partition coefficient (Wildman–Crippen LogP) is 6.64. The summed E-state index contributed by atoms with van der Waals surface area (Å²) in [7, 11) is 0. The van der Waals surface area contributed by atoms with Crippen LogP contribution in [0, 0.1) is 25.6 Å². The topological polar surface area (TPSA) is 81.2 Å². The second kappa shape index (κ2) is 8.55. The number of aromatic carboxylic acids is 1. The van der Waals surface area contributed by atoms with E-state index in [-0.39, 0.29) is 29.9 Å². The number of hydrogen-bond donors (Lipinski definition) is 1. The summed E-state index contributed by atoms with van der Waals surface area (Å²) in [6.07, 6.45) is 3.98. The summed E-state index contributed by atoms with van der Waals surface area (Å²) in [6, 6.07) is 5.70. The zero-order chi connectivity index (χ0) is 24.9. The second-order valence-electron chi connectivity index (χ2n) is 9.29. The number of carboxylic acids is 1. The largest absolute Gasteiger partial charge is 0.478 e. The number of fused-ring (bicyclic) bond motifs is 1. The lowest BCUT2D eigenvalue weighted by Gasteiger charge is -2.28. The molecule has 0 saturated heterocycles. The zero-order valence-electron chi connectivity index (χ0n) is 19.3. The number of rotatable bonds is 5. The van der Waals surface area contributed by atoms with Crippen molar-refractivity contribution in [2.75, 3.05) is 0 Å². The average Bonchev–Trinajstić information content (AvgIpc) is 3.33. The van der Waals surface area contributed by atoms with E-state index in [4.69, 9.17) is 4.52 Å². The highest BCUT2D eigenvalue weighted by molar-refractivity contribution is 5.96. The Morgan fingerprint density at radius 3 is 2.57 bits per heavy atom. The van der Waals surface area contributed by atoms with Gasteiger partial charge >= 0.3 is 5.97 Å². The smallest absolute Gasteiger partial charge is 0.335 e. The number of pyridine rings is 1. The number of benzene rings is 1. The fourth-order valence-electron chi connectivity index (χ4n) is 4.97. The molecule has 1 aliphatic rings. The molecule has 1 saturated carbocycles. The van der Waals surface area contributed by atoms with E-state index in [0.717, 1.165) is 22.7 Å². The van der Waals surface area contributed by atoms with Crippen LogP contribution in [0.4, 0.5) is 13.2 Å². The lowest BCUT2D eigenvalue weighted by molar-refractivity contribution is -0.0472. The SMILES string of the molecule is Cc1noc(C)c1-c1cnc2c(-c3ccc(C(=O)O)cc3F)cn(CC3CCC(F)(F)CC3)c2c1. The van der Waals surface area contributed by atoms with Gasteiger partial charge in [-0.2, -0.15) is 0 Å². The van der Waals surface area contributed by atoms with Crippen LogP contribution in [-0.4, -0.2) is 31.7 Å². The number of alkyl halides is 2. The molecule has 4 aromatic rings. The van der Waals surface area contributed by atoms with Crippen molar-refractivity contribution < 1.29 is 27.6 Å². The summed E-state index contributed by atoms with van der Waals surface area (Å²) in [4.78, 5) is 15.9. The molecule has 0 atom stereocenters. The van der Waals surface area contributed by atoms with E-state index >= 15 is 0 Å². The fourth-order valence-corrected chi connectivity index (χ4v) is 4.97. The summed E-state index contributed by atoms with van der Waals surface area (Å²) < 4.78 is 49.6. The monoisotopic (exact) mass is 483 g/mol. The van der Waals surface area contributed by atoms with Crippen LogP contribution in [0.3, 0.4) is 0 Å². The molecule has 0 bridgehead atoms. The lowest BCUT2D eigenvalue weighted by atomic mass is 9.87. The van der Waals surface area contributed by atoms with Crippen LogP contribution in [0.2, 0.25) is 0 Å². The van der Waals surface area contributed by atoms with Crippen molar-refractivity contribution in [3.63, 3.8) is 0 Å². The third-order valence-electron chi connectivity index (χ3n) is 6.84. The van der Waals surface area contributed by atoms with Crippen molar-refractivity contribution in [1.29, 1.82) is 0 Å². The average molecular weight is 483 g/mol. The highest BCUT2D eigenvalue weighted by Gasteiger charge is 2.35. The molecule has 0 radical (unpaired) electrons. The molecule has 3 aromatic heterocycles. The first-order valence-corrected chi connectivity index (χ1v) is 11.5. The molecule has 1 N–H and O–H groups in total. The normalized spacial score (nSPS) is 16.1. The summed E-state index contributed by atoms with van der Waals surface area (Å²) in [5.41, 5.74) is 4.20. The number of aromatic nitrogens is 3. The van der Waals surface area contributed by atoms with Gasteiger partial charge in [0, 0.05) is 54.0 Å². The highest BCUT2D eigenvalue weighted by atomic mass is 19.3. The first-order valence-electron chi connectivity index (χ1n) is 11.5. The molecule has 1 fully saturated rings. The predicted molar refractivity (Wildman–Crippen MR) is 124 cm³/mol. The maximum Gasteiger partial charge on any atom is 0.335 e. The number of aryl methyl sites for hydroxylation is 2. The fraction of sp³-hybridized carbons (Fsp3) is 0.346. The van der Waals surface area contributed by atoms with Crippen LogP contribution >= 0.6 is 0 Å². The lowest BCUT2D eigenvalue weighted by Crippen LogP contribution is -2.26. The first kappa shape index (κ1) is 23.1. The quantitative estimate of drug-likeness (QED) is 0.344. The molecule has 5 rings (SSSR count). The maximum atomic E-state index is 15.0. The van der Waals surface area contributed by atoms with Crippen LogP contribution in [0.15, 0.2) is 41.2 Å². The molecule has 3 heterocycles. The van der Waals surface area contributed by atoms with Gasteiger partial charge in [0.15, 0.2) is 0 Å². The van der Waals surface area contributed by atoms with E-state index in [2.05, 4.69) is 10.1 Å². The van der Waals surface area contributed by atoms with Crippen molar-refractivity contribution in [1.82, 2.24) is 14.7 Å². The molecular formula is C26H24F3N3O3. The third-order valence-corrected chi connectivity index (χ3v) is 6.84. The van der Waals surface area contributed by atoms with E-state index < -0.39 is 17.7 Å². The molecule has 9 heteroatoms. The molecule has 0 spiro atoms. The molecule has 35 heavy (non-hydrogen) atoms. The van der Waals surface area contributed by atoms with Gasteiger partial charge in [0.2, 0.25) is 5.92 Å². The maximum absolute atomic E-state index is 15.0. The Hall–Kier alpha value is -3.62. The van der Waals surface area contributed by atoms with Gasteiger partial charge in [-0.25, -0.2) is 18.0 Å². The van der Waals surface area contributed by atoms with Gasteiger partial charge in [0.05, 0.1) is 22.3 Å². The third kappa shape index (κ3) is 4.31. The highest BCUT2D eigenvalue weighted by Crippen LogP contribution is 2.39. The van der Waals surface area contributed by atoms with Crippen LogP contribution in [0.1, 0.15) is 47.5 Å². The minimum Gasteiger partial charge on any atom is -0.478 e. The van der Waals surface area contributed by atoms with Gasteiger partial charge in [-0.3, -0.25) is 4.98 Å². The van der Waals surface area contributed by atoms with Crippen LogP contribution in [-0.2, 0) is 6.54 Å². The zero-order valence-corrected chi connectivity index (χ0v) is 19.3. The minimum atomic E-state index is -2.62. The molecule has 0 aliphatic heterocycles. The summed E-state index contributed by atoms with van der Waals surface area (Å²) in [5.74, 6) is -3.80. The Labute approximate surface area is 199 Å². The second-order valence-corrected chi connectivity index (χ2v) is 9.29. The Bertz CT molecular complexity index is 1410. The van der Waals surface area contributed by atoms with E-state index in [1.807, 2.05) is 24.5 Å². The van der Waals surface area contributed by atoms with Crippen LogP contribution in [0.5, 0.6) is 0 Å². The number of carbonyl (C=O) groups is 1. The first-order chi connectivity index (χ1) is 16.6. The number of carboxylic acid groups (broad SMARTS) is 1. The molecule has 6 nitrogen and oxygen atoms in total. The van der Waals surface area contributed by atoms with E-state index in [9.17, 15) is 23.1 Å². The van der Waals surface area contributed by atoms with Crippen LogP contribution in [0.25, 0.3) is 33.3 Å². The molecule has 0 unspecified atom stereocenters. The van der Waals surface area contributed by atoms with Crippen molar-refractivity contribution in [2.24, 2.45) is 5.92 Å². The molecular weight excluding hydrogens is 459 g/mol. The Kier molecular flexibility index (Phi) is 5.65. The summed E-state index contributed by atoms with van der Waals surface area (Å²) in [5, 5.41) is 13.2. The standard InChI is InChI=1S/C26H24F3N3O3/c1-14-23(15(2)35-31-14)18-10-22-24(30-11-18)20(19-4-3-17(25(33)34)9-21(19)27)13-32(22)12-16-5-7-26(28,29)8-6-16/h3-4,9-11,13,16H,5-8,12H2,1-2H3,(H,33,34). The van der Waals surface area contributed by atoms with Gasteiger partial charge < -0.3 is 14.2 Å². The van der Waals surface area contributed by atoms with Crippen molar-refractivity contribution in [2.45, 2.75) is 52.0 Å². The molecule has 1 aromatic carbocycles. The van der Waals surface area contributed by atoms with Crippen molar-refractivity contribution >= 4 is 17.0 Å². The summed E-state index contributed by atoms with van der Waals surface area (Å²) >= 11 is 0.